The van der Waals surface area contributed by atoms with Gasteiger partial charge in [0.15, 0.2) is 5.82 Å². The van der Waals surface area contributed by atoms with E-state index in [1.165, 1.54) is 0 Å². The quantitative estimate of drug-likeness (QED) is 0.842. The van der Waals surface area contributed by atoms with Crippen molar-refractivity contribution in [1.29, 1.82) is 0 Å². The van der Waals surface area contributed by atoms with Crippen LogP contribution in [0, 0.1) is 0 Å². The Hall–Kier alpha value is -1.75. The number of hydrogen-bond acceptors (Lipinski definition) is 4. The summed E-state index contributed by atoms with van der Waals surface area (Å²) < 4.78 is 1.92. The highest BCUT2D eigenvalue weighted by atomic mass is 16.3. The van der Waals surface area contributed by atoms with Gasteiger partial charge in [0.2, 0.25) is 0 Å². The lowest BCUT2D eigenvalue weighted by atomic mass is 10.0. The number of nitrogens with zero attached hydrogens (tertiary/aromatic N) is 4. The maximum absolute atomic E-state index is 9.33. The van der Waals surface area contributed by atoms with Crippen molar-refractivity contribution in [3.05, 3.63) is 30.4 Å². The molecule has 1 aliphatic heterocycles. The number of pyridine rings is 1. The van der Waals surface area contributed by atoms with Gasteiger partial charge in [0, 0.05) is 30.4 Å². The average Bonchev–Trinajstić information content (AvgIpc) is 2.83. The number of fused-ring (bicyclic) bond motifs is 1. The van der Waals surface area contributed by atoms with Crippen LogP contribution in [-0.2, 0) is 6.54 Å². The fraction of sp³-hybridized carbons (Fsp3) is 0.417. The molecule has 0 amide bonds. The van der Waals surface area contributed by atoms with E-state index < -0.39 is 0 Å². The maximum atomic E-state index is 9.33. The summed E-state index contributed by atoms with van der Waals surface area (Å²) in [4.78, 5) is 8.52. The molecular formula is C12H14N4O. The van der Waals surface area contributed by atoms with Crippen LogP contribution < -0.4 is 0 Å². The van der Waals surface area contributed by atoms with Crippen LogP contribution in [0.25, 0.3) is 11.4 Å². The summed E-state index contributed by atoms with van der Waals surface area (Å²) in [5, 5.41) is 13.8. The summed E-state index contributed by atoms with van der Waals surface area (Å²) in [5.41, 5.74) is 0.971. The van der Waals surface area contributed by atoms with Crippen molar-refractivity contribution in [2.45, 2.75) is 25.3 Å². The monoisotopic (exact) mass is 230 g/mol. The van der Waals surface area contributed by atoms with Crippen LogP contribution in [0.4, 0.5) is 0 Å². The molecule has 0 bridgehead atoms. The minimum atomic E-state index is 0.131. The summed E-state index contributed by atoms with van der Waals surface area (Å²) in [6.45, 7) is 1.04. The lowest BCUT2D eigenvalue weighted by Gasteiger charge is -2.19. The van der Waals surface area contributed by atoms with Gasteiger partial charge in [-0.15, -0.1) is 0 Å². The molecule has 1 atom stereocenters. The molecule has 5 heteroatoms. The molecule has 2 aromatic rings. The molecule has 2 aromatic heterocycles. The Morgan fingerprint density at radius 1 is 1.35 bits per heavy atom. The predicted molar refractivity (Wildman–Crippen MR) is 62.3 cm³/mol. The molecule has 17 heavy (non-hydrogen) atoms. The first kappa shape index (κ1) is 10.4. The van der Waals surface area contributed by atoms with E-state index in [0.29, 0.717) is 0 Å². The van der Waals surface area contributed by atoms with Gasteiger partial charge in [-0.05, 0) is 25.0 Å². The number of aryl methyl sites for hydroxylation is 1. The number of aliphatic hydroxyl groups is 1. The molecule has 1 aliphatic rings. The van der Waals surface area contributed by atoms with Gasteiger partial charge < -0.3 is 5.11 Å². The standard InChI is InChI=1S/C12H14N4O/c17-8-10-2-1-7-16-12(10)14-11(15-16)9-3-5-13-6-4-9/h3-6,10,17H,1-2,7-8H2. The Morgan fingerprint density at radius 3 is 2.94 bits per heavy atom. The molecule has 0 saturated carbocycles. The zero-order chi connectivity index (χ0) is 11.7. The zero-order valence-electron chi connectivity index (χ0n) is 9.45. The normalized spacial score (nSPS) is 19.0. The lowest BCUT2D eigenvalue weighted by molar-refractivity contribution is 0.234. The Labute approximate surface area is 99.1 Å². The molecule has 1 unspecified atom stereocenters. The van der Waals surface area contributed by atoms with Crippen LogP contribution in [0.2, 0.25) is 0 Å². The molecular weight excluding hydrogens is 216 g/mol. The van der Waals surface area contributed by atoms with E-state index in [9.17, 15) is 5.11 Å². The molecule has 0 aliphatic carbocycles. The minimum absolute atomic E-state index is 0.131. The minimum Gasteiger partial charge on any atom is -0.396 e. The van der Waals surface area contributed by atoms with E-state index in [4.69, 9.17) is 0 Å². The highest BCUT2D eigenvalue weighted by Gasteiger charge is 2.23. The van der Waals surface area contributed by atoms with E-state index in [2.05, 4.69) is 15.1 Å². The number of aliphatic hydroxyl groups excluding tert-OH is 1. The maximum Gasteiger partial charge on any atom is 0.181 e. The first-order valence-corrected chi connectivity index (χ1v) is 5.84. The van der Waals surface area contributed by atoms with E-state index in [-0.39, 0.29) is 12.5 Å². The zero-order valence-corrected chi connectivity index (χ0v) is 9.45. The SMILES string of the molecule is OCC1CCCn2nc(-c3ccncc3)nc21. The van der Waals surface area contributed by atoms with Crippen LogP contribution in [0.3, 0.4) is 0 Å². The van der Waals surface area contributed by atoms with E-state index in [1.807, 2.05) is 16.8 Å². The van der Waals surface area contributed by atoms with E-state index >= 15 is 0 Å². The van der Waals surface area contributed by atoms with Crippen molar-refractivity contribution in [3.63, 3.8) is 0 Å². The second kappa shape index (κ2) is 4.25. The summed E-state index contributed by atoms with van der Waals surface area (Å²) >= 11 is 0. The highest BCUT2D eigenvalue weighted by molar-refractivity contribution is 5.53. The van der Waals surface area contributed by atoms with Crippen LogP contribution in [0.15, 0.2) is 24.5 Å². The molecule has 3 heterocycles. The molecule has 1 N–H and O–H groups in total. The molecule has 0 spiro atoms. The van der Waals surface area contributed by atoms with Gasteiger partial charge in [0.05, 0.1) is 6.61 Å². The Balaban J connectivity index is 2.02. The molecule has 0 aromatic carbocycles. The predicted octanol–water partition coefficient (Wildman–Crippen LogP) is 1.21. The molecule has 0 radical (unpaired) electrons. The highest BCUT2D eigenvalue weighted by Crippen LogP contribution is 2.27. The van der Waals surface area contributed by atoms with Crippen LogP contribution in [0.5, 0.6) is 0 Å². The Kier molecular flexibility index (Phi) is 2.60. The molecule has 88 valence electrons. The summed E-state index contributed by atoms with van der Waals surface area (Å²) in [5.74, 6) is 1.76. The third-order valence-corrected chi connectivity index (χ3v) is 3.15. The van der Waals surface area contributed by atoms with Gasteiger partial charge in [0.1, 0.15) is 5.82 Å². The average molecular weight is 230 g/mol. The van der Waals surface area contributed by atoms with Crippen LogP contribution in [0.1, 0.15) is 24.6 Å². The fourth-order valence-corrected chi connectivity index (χ4v) is 2.23. The molecule has 0 fully saturated rings. The van der Waals surface area contributed by atoms with Crippen LogP contribution >= 0.6 is 0 Å². The third-order valence-electron chi connectivity index (χ3n) is 3.15. The molecule has 3 rings (SSSR count). The number of rotatable bonds is 2. The summed E-state index contributed by atoms with van der Waals surface area (Å²) in [6.07, 6.45) is 5.51. The van der Waals surface area contributed by atoms with Gasteiger partial charge in [-0.25, -0.2) is 9.67 Å². The topological polar surface area (TPSA) is 63.8 Å². The second-order valence-corrected chi connectivity index (χ2v) is 4.27. The third kappa shape index (κ3) is 1.82. The lowest BCUT2D eigenvalue weighted by Crippen LogP contribution is -2.19. The smallest absolute Gasteiger partial charge is 0.181 e. The summed E-state index contributed by atoms with van der Waals surface area (Å²) in [7, 11) is 0. The summed E-state index contributed by atoms with van der Waals surface area (Å²) in [6, 6.07) is 3.80. The fourth-order valence-electron chi connectivity index (χ4n) is 2.23. The Bertz CT molecular complexity index is 508. The second-order valence-electron chi connectivity index (χ2n) is 4.27. The van der Waals surface area contributed by atoms with E-state index in [1.54, 1.807) is 12.4 Å². The number of hydrogen-bond donors (Lipinski definition) is 1. The first-order valence-electron chi connectivity index (χ1n) is 5.84. The number of aromatic nitrogens is 4. The van der Waals surface area contributed by atoms with Gasteiger partial charge in [-0.2, -0.15) is 5.10 Å². The molecule has 0 saturated heterocycles. The first-order chi connectivity index (χ1) is 8.38. The van der Waals surface area contributed by atoms with Gasteiger partial charge in [-0.1, -0.05) is 0 Å². The van der Waals surface area contributed by atoms with E-state index in [0.717, 1.165) is 36.6 Å². The largest absolute Gasteiger partial charge is 0.396 e. The van der Waals surface area contributed by atoms with Crippen molar-refractivity contribution in [3.8, 4) is 11.4 Å². The molecule has 5 nitrogen and oxygen atoms in total. The van der Waals surface area contributed by atoms with Crippen molar-refractivity contribution < 1.29 is 5.11 Å². The van der Waals surface area contributed by atoms with Crippen molar-refractivity contribution in [2.75, 3.05) is 6.61 Å². The van der Waals surface area contributed by atoms with Crippen molar-refractivity contribution in [1.82, 2.24) is 19.7 Å². The van der Waals surface area contributed by atoms with Gasteiger partial charge >= 0.3 is 0 Å². The van der Waals surface area contributed by atoms with Crippen LogP contribution in [-0.4, -0.2) is 31.5 Å². The van der Waals surface area contributed by atoms with Crippen molar-refractivity contribution >= 4 is 0 Å². The van der Waals surface area contributed by atoms with Gasteiger partial charge in [-0.3, -0.25) is 4.98 Å². The van der Waals surface area contributed by atoms with Gasteiger partial charge in [0.25, 0.3) is 0 Å². The van der Waals surface area contributed by atoms with Crippen molar-refractivity contribution in [2.24, 2.45) is 0 Å². The Morgan fingerprint density at radius 2 is 2.18 bits per heavy atom.